The smallest absolute Gasteiger partial charge is 0.416 e. The normalized spacial score (nSPS) is 11.2. The average molecular weight is 291 g/mol. The van der Waals surface area contributed by atoms with Gasteiger partial charge in [0.25, 0.3) is 0 Å². The van der Waals surface area contributed by atoms with Crippen LogP contribution in [0.1, 0.15) is 12.0 Å². The molecule has 0 unspecified atom stereocenters. The third kappa shape index (κ3) is 4.79. The number of hydrogen-bond donors (Lipinski definition) is 2. The second-order valence-corrected chi connectivity index (χ2v) is 4.01. The Morgan fingerprint density at radius 3 is 2.30 bits per heavy atom. The summed E-state index contributed by atoms with van der Waals surface area (Å²) < 4.78 is 37.7. The topological polar surface area (TPSA) is 77.8 Å². The Morgan fingerprint density at radius 2 is 1.80 bits per heavy atom. The molecule has 1 aromatic carbocycles. The van der Waals surface area contributed by atoms with Crippen molar-refractivity contribution in [3.05, 3.63) is 29.8 Å². The molecular formula is C12H12F3NO4. The molecule has 0 saturated carbocycles. The van der Waals surface area contributed by atoms with Gasteiger partial charge < -0.3 is 15.1 Å². The van der Waals surface area contributed by atoms with Gasteiger partial charge >= 0.3 is 18.1 Å². The first-order chi connectivity index (χ1) is 9.20. The van der Waals surface area contributed by atoms with E-state index in [2.05, 4.69) is 0 Å². The molecule has 1 aromatic rings. The van der Waals surface area contributed by atoms with Crippen molar-refractivity contribution in [3.8, 4) is 0 Å². The average Bonchev–Trinajstić information content (AvgIpc) is 2.33. The minimum Gasteiger partial charge on any atom is -0.481 e. The highest BCUT2D eigenvalue weighted by Gasteiger charge is 2.31. The van der Waals surface area contributed by atoms with Crippen LogP contribution in [0, 0.1) is 0 Å². The van der Waals surface area contributed by atoms with Gasteiger partial charge in [0.1, 0.15) is 6.54 Å². The van der Waals surface area contributed by atoms with E-state index in [1.807, 2.05) is 0 Å². The molecule has 0 saturated heterocycles. The number of nitrogens with zero attached hydrogens (tertiary/aromatic N) is 1. The Kier molecular flexibility index (Phi) is 4.95. The molecule has 20 heavy (non-hydrogen) atoms. The zero-order valence-electron chi connectivity index (χ0n) is 10.2. The van der Waals surface area contributed by atoms with Crippen LogP contribution in [0.3, 0.4) is 0 Å². The first-order valence-electron chi connectivity index (χ1n) is 5.56. The molecule has 0 amide bonds. The van der Waals surface area contributed by atoms with Crippen LogP contribution in [0.25, 0.3) is 0 Å². The van der Waals surface area contributed by atoms with Gasteiger partial charge in [-0.05, 0) is 18.2 Å². The van der Waals surface area contributed by atoms with E-state index in [1.165, 1.54) is 6.07 Å². The van der Waals surface area contributed by atoms with E-state index in [9.17, 15) is 22.8 Å². The molecule has 0 aliphatic rings. The number of aliphatic carboxylic acids is 2. The van der Waals surface area contributed by atoms with E-state index < -0.39 is 30.2 Å². The van der Waals surface area contributed by atoms with Crippen molar-refractivity contribution in [2.75, 3.05) is 18.0 Å². The molecule has 0 aliphatic carbocycles. The van der Waals surface area contributed by atoms with E-state index >= 15 is 0 Å². The summed E-state index contributed by atoms with van der Waals surface area (Å²) in [7, 11) is 0. The first-order valence-corrected chi connectivity index (χ1v) is 5.56. The van der Waals surface area contributed by atoms with Gasteiger partial charge in [0.15, 0.2) is 0 Å². The van der Waals surface area contributed by atoms with Crippen LogP contribution in [-0.4, -0.2) is 35.2 Å². The van der Waals surface area contributed by atoms with Gasteiger partial charge in [-0.1, -0.05) is 6.07 Å². The van der Waals surface area contributed by atoms with Crippen molar-refractivity contribution in [1.82, 2.24) is 0 Å². The summed E-state index contributed by atoms with van der Waals surface area (Å²) >= 11 is 0. The van der Waals surface area contributed by atoms with Crippen molar-refractivity contribution in [2.45, 2.75) is 12.6 Å². The van der Waals surface area contributed by atoms with Crippen molar-refractivity contribution in [2.24, 2.45) is 0 Å². The van der Waals surface area contributed by atoms with Crippen molar-refractivity contribution in [1.29, 1.82) is 0 Å². The minimum absolute atomic E-state index is 0.0171. The maximum atomic E-state index is 12.6. The Morgan fingerprint density at radius 1 is 1.15 bits per heavy atom. The van der Waals surface area contributed by atoms with Crippen molar-refractivity contribution in [3.63, 3.8) is 0 Å². The predicted octanol–water partition coefficient (Wildman–Crippen LogP) is 2.07. The van der Waals surface area contributed by atoms with Gasteiger partial charge in [0.2, 0.25) is 0 Å². The fourth-order valence-electron chi connectivity index (χ4n) is 1.57. The van der Waals surface area contributed by atoms with Gasteiger partial charge in [0.05, 0.1) is 12.0 Å². The molecule has 2 N–H and O–H groups in total. The number of hydrogen-bond acceptors (Lipinski definition) is 3. The quantitative estimate of drug-likeness (QED) is 0.839. The number of halogens is 3. The minimum atomic E-state index is -4.54. The van der Waals surface area contributed by atoms with Crippen molar-refractivity contribution < 1.29 is 33.0 Å². The lowest BCUT2D eigenvalue weighted by Gasteiger charge is -2.23. The summed E-state index contributed by atoms with van der Waals surface area (Å²) in [6, 6.07) is 4.11. The van der Waals surface area contributed by atoms with Gasteiger partial charge in [0, 0.05) is 12.2 Å². The van der Waals surface area contributed by atoms with E-state index in [1.54, 1.807) is 0 Å². The molecule has 0 bridgehead atoms. The number of anilines is 1. The van der Waals surface area contributed by atoms with Crippen LogP contribution in [0.4, 0.5) is 18.9 Å². The SMILES string of the molecule is O=C(O)CCN(CC(=O)O)c1cccc(C(F)(F)F)c1. The summed E-state index contributed by atoms with van der Waals surface area (Å²) in [4.78, 5) is 22.3. The fraction of sp³-hybridized carbons (Fsp3) is 0.333. The van der Waals surface area contributed by atoms with Crippen LogP contribution in [0.2, 0.25) is 0 Å². The number of benzene rings is 1. The molecule has 0 spiro atoms. The van der Waals surface area contributed by atoms with E-state index in [0.29, 0.717) is 0 Å². The summed E-state index contributed by atoms with van der Waals surface area (Å²) in [6.07, 6.45) is -4.92. The number of carboxylic acids is 2. The predicted molar refractivity (Wildman–Crippen MR) is 63.5 cm³/mol. The van der Waals surface area contributed by atoms with Crippen LogP contribution < -0.4 is 4.90 Å². The standard InChI is InChI=1S/C12H12F3NO4/c13-12(14,15)8-2-1-3-9(6-8)16(7-11(19)20)5-4-10(17)18/h1-3,6H,4-5,7H2,(H,17,18)(H,19,20). The molecule has 110 valence electrons. The van der Waals surface area contributed by atoms with Gasteiger partial charge in [-0.25, -0.2) is 0 Å². The first kappa shape index (κ1) is 15.8. The lowest BCUT2D eigenvalue weighted by atomic mass is 10.1. The highest BCUT2D eigenvalue weighted by atomic mass is 19.4. The second kappa shape index (κ2) is 6.27. The second-order valence-electron chi connectivity index (χ2n) is 4.01. The fourth-order valence-corrected chi connectivity index (χ4v) is 1.57. The molecule has 0 aromatic heterocycles. The van der Waals surface area contributed by atoms with Gasteiger partial charge in [-0.15, -0.1) is 0 Å². The monoisotopic (exact) mass is 291 g/mol. The maximum Gasteiger partial charge on any atom is 0.416 e. The highest BCUT2D eigenvalue weighted by Crippen LogP contribution is 2.31. The molecular weight excluding hydrogens is 279 g/mol. The van der Waals surface area contributed by atoms with E-state index in [0.717, 1.165) is 23.1 Å². The third-order valence-electron chi connectivity index (χ3n) is 2.46. The molecule has 0 radical (unpaired) electrons. The molecule has 0 heterocycles. The Hall–Kier alpha value is -2.25. The third-order valence-corrected chi connectivity index (χ3v) is 2.46. The van der Waals surface area contributed by atoms with Gasteiger partial charge in [-0.3, -0.25) is 9.59 Å². The number of carboxylic acid groups (broad SMARTS) is 2. The summed E-state index contributed by atoms with van der Waals surface area (Å²) in [5.41, 5.74) is -0.899. The summed E-state index contributed by atoms with van der Waals surface area (Å²) in [5.74, 6) is -2.42. The van der Waals surface area contributed by atoms with E-state index in [4.69, 9.17) is 10.2 Å². The Balaban J connectivity index is 3.00. The zero-order chi connectivity index (χ0) is 15.3. The maximum absolute atomic E-state index is 12.6. The summed E-state index contributed by atoms with van der Waals surface area (Å²) in [5, 5.41) is 17.3. The van der Waals surface area contributed by atoms with Crippen LogP contribution in [-0.2, 0) is 15.8 Å². The van der Waals surface area contributed by atoms with E-state index in [-0.39, 0.29) is 18.7 Å². The largest absolute Gasteiger partial charge is 0.481 e. The summed E-state index contributed by atoms with van der Waals surface area (Å²) in [6.45, 7) is -0.766. The highest BCUT2D eigenvalue weighted by molar-refractivity contribution is 5.74. The lowest BCUT2D eigenvalue weighted by Crippen LogP contribution is -2.32. The Labute approximate surface area is 112 Å². The molecule has 0 aliphatic heterocycles. The van der Waals surface area contributed by atoms with Crippen LogP contribution in [0.15, 0.2) is 24.3 Å². The molecule has 8 heteroatoms. The number of carbonyl (C=O) groups is 2. The Bertz CT molecular complexity index is 502. The van der Waals surface area contributed by atoms with Crippen LogP contribution >= 0.6 is 0 Å². The molecule has 0 fully saturated rings. The molecule has 5 nitrogen and oxygen atoms in total. The zero-order valence-corrected chi connectivity index (χ0v) is 10.2. The number of alkyl halides is 3. The molecule has 0 atom stereocenters. The van der Waals surface area contributed by atoms with Gasteiger partial charge in [-0.2, -0.15) is 13.2 Å². The lowest BCUT2D eigenvalue weighted by molar-refractivity contribution is -0.138. The number of rotatable bonds is 6. The van der Waals surface area contributed by atoms with Crippen LogP contribution in [0.5, 0.6) is 0 Å². The molecule has 1 rings (SSSR count). The van der Waals surface area contributed by atoms with Crippen molar-refractivity contribution >= 4 is 17.6 Å².